The Morgan fingerprint density at radius 2 is 1.87 bits per heavy atom. The Bertz CT molecular complexity index is 1130. The molecule has 1 saturated carbocycles. The van der Waals surface area contributed by atoms with Gasteiger partial charge in [-0.15, -0.1) is 11.8 Å². The summed E-state index contributed by atoms with van der Waals surface area (Å²) < 4.78 is 5.79. The quantitative estimate of drug-likeness (QED) is 0.566. The zero-order valence-electron chi connectivity index (χ0n) is 16.2. The van der Waals surface area contributed by atoms with Crippen LogP contribution in [0.25, 0.3) is 11.1 Å². The number of thioether (sulfide) groups is 1. The topological polar surface area (TPSA) is 109 Å². The maximum Gasteiger partial charge on any atom is 0.143 e. The van der Waals surface area contributed by atoms with Crippen molar-refractivity contribution < 1.29 is 4.74 Å². The number of hydrogen-bond acceptors (Lipinski definition) is 7. The van der Waals surface area contributed by atoms with Crippen LogP contribution in [0.3, 0.4) is 0 Å². The molecule has 0 unspecified atom stereocenters. The second-order valence-electron chi connectivity index (χ2n) is 7.08. The van der Waals surface area contributed by atoms with Crippen molar-refractivity contribution in [1.82, 2.24) is 9.97 Å². The van der Waals surface area contributed by atoms with E-state index in [2.05, 4.69) is 22.1 Å². The van der Waals surface area contributed by atoms with Gasteiger partial charge in [0, 0.05) is 23.7 Å². The third kappa shape index (κ3) is 4.37. The summed E-state index contributed by atoms with van der Waals surface area (Å²) in [7, 11) is 0. The van der Waals surface area contributed by atoms with Crippen LogP contribution in [0.2, 0.25) is 0 Å². The number of ether oxygens (including phenoxy) is 1. The number of nitrogens with zero attached hydrogens (tertiary/aromatic N) is 4. The summed E-state index contributed by atoms with van der Waals surface area (Å²) in [5.41, 5.74) is 8.90. The zero-order valence-corrected chi connectivity index (χ0v) is 17.0. The van der Waals surface area contributed by atoms with Gasteiger partial charge < -0.3 is 10.5 Å². The number of anilines is 1. The Morgan fingerprint density at radius 3 is 2.50 bits per heavy atom. The third-order valence-corrected chi connectivity index (χ3v) is 5.89. The lowest BCUT2D eigenvalue weighted by Gasteiger charge is -2.13. The molecule has 2 N–H and O–H groups in total. The van der Waals surface area contributed by atoms with Gasteiger partial charge in [-0.25, -0.2) is 4.98 Å². The summed E-state index contributed by atoms with van der Waals surface area (Å²) in [4.78, 5) is 8.45. The second-order valence-corrected chi connectivity index (χ2v) is 8.04. The number of nitriles is 2. The molecule has 0 aliphatic heterocycles. The van der Waals surface area contributed by atoms with Crippen molar-refractivity contribution >= 4 is 17.6 Å². The minimum Gasteiger partial charge on any atom is -0.493 e. The first kappa shape index (κ1) is 19.8. The van der Waals surface area contributed by atoms with Crippen molar-refractivity contribution in [2.24, 2.45) is 5.92 Å². The Labute approximate surface area is 179 Å². The lowest BCUT2D eigenvalue weighted by Crippen LogP contribution is -2.03. The largest absolute Gasteiger partial charge is 0.493 e. The molecule has 0 amide bonds. The molecule has 2 aromatic heterocycles. The lowest BCUT2D eigenvalue weighted by molar-refractivity contribution is 0.300. The molecule has 6 nitrogen and oxygen atoms in total. The fourth-order valence-corrected chi connectivity index (χ4v) is 3.97. The van der Waals surface area contributed by atoms with Gasteiger partial charge in [0.15, 0.2) is 0 Å². The highest BCUT2D eigenvalue weighted by Crippen LogP contribution is 2.37. The summed E-state index contributed by atoms with van der Waals surface area (Å²) in [6.45, 7) is 0.726. The molecule has 1 aliphatic rings. The van der Waals surface area contributed by atoms with Crippen molar-refractivity contribution in [1.29, 1.82) is 10.5 Å². The molecule has 7 heteroatoms. The molecule has 0 radical (unpaired) electrons. The monoisotopic (exact) mass is 413 g/mol. The van der Waals surface area contributed by atoms with Crippen LogP contribution in [-0.4, -0.2) is 16.6 Å². The second kappa shape index (κ2) is 8.86. The van der Waals surface area contributed by atoms with Gasteiger partial charge in [0.05, 0.1) is 12.2 Å². The van der Waals surface area contributed by atoms with Crippen molar-refractivity contribution in [2.45, 2.75) is 23.6 Å². The summed E-state index contributed by atoms with van der Waals surface area (Å²) >= 11 is 1.40. The Hall–Kier alpha value is -3.55. The standard InChI is InChI=1S/C23H19N5OS/c24-10-19-21(17-5-7-18(8-6-17)29-13-15-3-4-15)20(11-25)23(28-22(19)26)30-14-16-2-1-9-27-12-16/h1-2,5-9,12,15H,3-4,13-14H2,(H2,26,28). The molecule has 2 heterocycles. The van der Waals surface area contributed by atoms with E-state index in [4.69, 9.17) is 10.5 Å². The van der Waals surface area contributed by atoms with Crippen LogP contribution in [-0.2, 0) is 5.75 Å². The lowest BCUT2D eigenvalue weighted by atomic mass is 9.97. The smallest absolute Gasteiger partial charge is 0.143 e. The Morgan fingerprint density at radius 1 is 1.10 bits per heavy atom. The molecule has 1 aromatic carbocycles. The highest BCUT2D eigenvalue weighted by Gasteiger charge is 2.23. The van der Waals surface area contributed by atoms with Gasteiger partial charge in [0.2, 0.25) is 0 Å². The number of pyridine rings is 2. The molecule has 0 bridgehead atoms. The van der Waals surface area contributed by atoms with Crippen LogP contribution in [0.15, 0.2) is 53.8 Å². The van der Waals surface area contributed by atoms with Crippen molar-refractivity contribution in [2.75, 3.05) is 12.3 Å². The first-order chi connectivity index (χ1) is 14.7. The van der Waals surface area contributed by atoms with E-state index >= 15 is 0 Å². The van der Waals surface area contributed by atoms with Gasteiger partial charge in [-0.1, -0.05) is 18.2 Å². The van der Waals surface area contributed by atoms with E-state index in [0.717, 1.165) is 23.5 Å². The van der Waals surface area contributed by atoms with Crippen molar-refractivity contribution in [3.8, 4) is 29.0 Å². The van der Waals surface area contributed by atoms with Gasteiger partial charge in [0.1, 0.15) is 34.3 Å². The van der Waals surface area contributed by atoms with E-state index in [1.54, 1.807) is 12.4 Å². The van der Waals surface area contributed by atoms with Crippen molar-refractivity contribution in [3.63, 3.8) is 0 Å². The van der Waals surface area contributed by atoms with E-state index in [-0.39, 0.29) is 11.4 Å². The van der Waals surface area contributed by atoms with E-state index in [9.17, 15) is 10.5 Å². The fraction of sp³-hybridized carbons (Fsp3) is 0.217. The van der Waals surface area contributed by atoms with Crippen LogP contribution in [0.4, 0.5) is 5.82 Å². The normalized spacial score (nSPS) is 12.7. The number of nitrogens with two attached hydrogens (primary N) is 1. The van der Waals surface area contributed by atoms with Gasteiger partial charge >= 0.3 is 0 Å². The average Bonchev–Trinajstić information content (AvgIpc) is 3.61. The first-order valence-corrected chi connectivity index (χ1v) is 10.6. The average molecular weight is 414 g/mol. The van der Waals surface area contributed by atoms with Gasteiger partial charge in [-0.2, -0.15) is 10.5 Å². The number of nitrogen functional groups attached to an aromatic ring is 1. The molecule has 1 aliphatic carbocycles. The van der Waals surface area contributed by atoms with Gasteiger partial charge in [-0.05, 0) is 48.1 Å². The zero-order chi connectivity index (χ0) is 20.9. The highest BCUT2D eigenvalue weighted by atomic mass is 32.2. The van der Waals surface area contributed by atoms with Crippen LogP contribution >= 0.6 is 11.8 Å². The Kier molecular flexibility index (Phi) is 5.83. The molecule has 0 spiro atoms. The van der Waals surface area contributed by atoms with Crippen LogP contribution < -0.4 is 10.5 Å². The maximum atomic E-state index is 9.88. The molecule has 3 aromatic rings. The predicted octanol–water partition coefficient (Wildman–Crippen LogP) is 4.55. The van der Waals surface area contributed by atoms with Gasteiger partial charge in [-0.3, -0.25) is 4.98 Å². The summed E-state index contributed by atoms with van der Waals surface area (Å²) in [6.07, 6.45) is 5.94. The van der Waals surface area contributed by atoms with Crippen LogP contribution in [0.1, 0.15) is 29.5 Å². The minimum absolute atomic E-state index is 0.120. The summed E-state index contributed by atoms with van der Waals surface area (Å²) in [5, 5.41) is 20.1. The Balaban J connectivity index is 1.67. The summed E-state index contributed by atoms with van der Waals surface area (Å²) in [5.74, 6) is 2.15. The van der Waals surface area contributed by atoms with E-state index in [1.165, 1.54) is 24.6 Å². The molecule has 0 saturated heterocycles. The molecule has 1 fully saturated rings. The van der Waals surface area contributed by atoms with Crippen LogP contribution in [0.5, 0.6) is 5.75 Å². The number of aromatic nitrogens is 2. The SMILES string of the molecule is N#Cc1c(N)nc(SCc2cccnc2)c(C#N)c1-c1ccc(OCC2CC2)cc1. The number of rotatable bonds is 7. The van der Waals surface area contributed by atoms with E-state index in [1.807, 2.05) is 36.4 Å². The van der Waals surface area contributed by atoms with E-state index < -0.39 is 0 Å². The fourth-order valence-electron chi connectivity index (χ4n) is 3.04. The number of benzene rings is 1. The van der Waals surface area contributed by atoms with E-state index in [0.29, 0.717) is 27.8 Å². The first-order valence-electron chi connectivity index (χ1n) is 9.58. The van der Waals surface area contributed by atoms with Crippen molar-refractivity contribution in [3.05, 3.63) is 65.5 Å². The summed E-state index contributed by atoms with van der Waals surface area (Å²) in [6, 6.07) is 15.6. The molecular weight excluding hydrogens is 394 g/mol. The molecule has 30 heavy (non-hydrogen) atoms. The molecule has 4 rings (SSSR count). The predicted molar refractivity (Wildman–Crippen MR) is 116 cm³/mol. The third-order valence-electron chi connectivity index (χ3n) is 4.84. The van der Waals surface area contributed by atoms with Crippen LogP contribution in [0, 0.1) is 28.6 Å². The number of hydrogen-bond donors (Lipinski definition) is 1. The molecular formula is C23H19N5OS. The van der Waals surface area contributed by atoms with Gasteiger partial charge in [0.25, 0.3) is 0 Å². The maximum absolute atomic E-state index is 9.88. The molecule has 0 atom stereocenters. The minimum atomic E-state index is 0.120. The highest BCUT2D eigenvalue weighted by molar-refractivity contribution is 7.98. The molecule has 148 valence electrons.